The molecule has 0 spiro atoms. The summed E-state index contributed by atoms with van der Waals surface area (Å²) < 4.78 is 2.52. The van der Waals surface area contributed by atoms with Crippen LogP contribution in [0, 0.1) is 0 Å². The molecular weight excluding hydrogens is 269 g/mol. The second-order valence-electron chi connectivity index (χ2n) is 2.78. The van der Waals surface area contributed by atoms with Crippen molar-refractivity contribution in [3.63, 3.8) is 0 Å². The Morgan fingerprint density at radius 1 is 1.43 bits per heavy atom. The number of hydrogen-bond acceptors (Lipinski definition) is 2. The fourth-order valence-corrected chi connectivity index (χ4v) is 3.60. The Bertz CT molecular complexity index is 543. The van der Waals surface area contributed by atoms with E-state index in [1.165, 1.54) is 3.56 Å². The van der Waals surface area contributed by atoms with Gasteiger partial charge < -0.3 is 0 Å². The van der Waals surface area contributed by atoms with E-state index >= 15 is 0 Å². The van der Waals surface area contributed by atoms with Crippen LogP contribution in [-0.2, 0) is 11.3 Å². The van der Waals surface area contributed by atoms with Crippen LogP contribution in [0.2, 0.25) is 0 Å². The van der Waals surface area contributed by atoms with Gasteiger partial charge in [-0.1, -0.05) is 0 Å². The Balaban J connectivity index is 2.63. The number of halogens is 1. The van der Waals surface area contributed by atoms with E-state index in [2.05, 4.69) is 0 Å². The first-order valence-corrected chi connectivity index (χ1v) is 5.96. The van der Waals surface area contributed by atoms with Gasteiger partial charge in [-0.15, -0.1) is 0 Å². The van der Waals surface area contributed by atoms with E-state index in [0.717, 1.165) is 4.26 Å². The van der Waals surface area contributed by atoms with Gasteiger partial charge >= 0.3 is 90.7 Å². The molecule has 1 heterocycles. The summed E-state index contributed by atoms with van der Waals surface area (Å²) in [5, 5.41) is 0.207. The van der Waals surface area contributed by atoms with Gasteiger partial charge in [-0.05, 0) is 0 Å². The van der Waals surface area contributed by atoms with Crippen molar-refractivity contribution in [1.29, 1.82) is 0 Å². The topological polar surface area (TPSA) is 39.1 Å². The standard InChI is InChI=1S/C9H6ClNO2Se/c10-8(12)5-11-9(13)6-3-1-2-4-7(6)14-11/h1-4H,5H2. The summed E-state index contributed by atoms with van der Waals surface area (Å²) in [5.41, 5.74) is -0.0883. The minimum absolute atomic E-state index is 0.00900. The molecule has 0 aliphatic carbocycles. The molecule has 0 radical (unpaired) electrons. The zero-order chi connectivity index (χ0) is 10.1. The first-order chi connectivity index (χ1) is 6.68. The van der Waals surface area contributed by atoms with Gasteiger partial charge in [0.15, 0.2) is 0 Å². The van der Waals surface area contributed by atoms with Crippen molar-refractivity contribution in [2.45, 2.75) is 6.54 Å². The number of benzene rings is 1. The Morgan fingerprint density at radius 3 is 2.79 bits per heavy atom. The van der Waals surface area contributed by atoms with Crippen molar-refractivity contribution in [2.75, 3.05) is 0 Å². The zero-order valence-corrected chi connectivity index (χ0v) is 9.54. The Labute approximate surface area is 90.9 Å². The van der Waals surface area contributed by atoms with Crippen molar-refractivity contribution in [3.8, 4) is 0 Å². The van der Waals surface area contributed by atoms with Gasteiger partial charge in [0.2, 0.25) is 0 Å². The maximum atomic E-state index is 11.7. The van der Waals surface area contributed by atoms with Crippen molar-refractivity contribution in [1.82, 2.24) is 3.56 Å². The van der Waals surface area contributed by atoms with Gasteiger partial charge in [0.1, 0.15) is 0 Å². The van der Waals surface area contributed by atoms with E-state index in [1.807, 2.05) is 18.2 Å². The Hall–Kier alpha value is -0.831. The molecule has 0 saturated heterocycles. The molecule has 2 aromatic rings. The van der Waals surface area contributed by atoms with Gasteiger partial charge in [-0.2, -0.15) is 0 Å². The van der Waals surface area contributed by atoms with Gasteiger partial charge in [0, 0.05) is 0 Å². The quantitative estimate of drug-likeness (QED) is 0.601. The third kappa shape index (κ3) is 1.69. The molecule has 0 aliphatic heterocycles. The predicted molar refractivity (Wildman–Crippen MR) is 56.0 cm³/mol. The molecule has 0 atom stereocenters. The van der Waals surface area contributed by atoms with E-state index in [1.54, 1.807) is 6.07 Å². The zero-order valence-electron chi connectivity index (χ0n) is 7.07. The van der Waals surface area contributed by atoms with E-state index < -0.39 is 5.24 Å². The van der Waals surface area contributed by atoms with Crippen molar-refractivity contribution >= 4 is 41.2 Å². The number of aromatic nitrogens is 1. The van der Waals surface area contributed by atoms with Crippen LogP contribution in [0.1, 0.15) is 0 Å². The summed E-state index contributed by atoms with van der Waals surface area (Å²) in [6.45, 7) is 0.00900. The molecule has 1 aromatic carbocycles. The van der Waals surface area contributed by atoms with E-state index in [0.29, 0.717) is 5.39 Å². The molecule has 0 saturated carbocycles. The number of carbonyl (C=O) groups is 1. The summed E-state index contributed by atoms with van der Waals surface area (Å²) in [5.74, 6) is 0. The molecular formula is C9H6ClNO2Se. The third-order valence-corrected chi connectivity index (χ3v) is 4.18. The van der Waals surface area contributed by atoms with Gasteiger partial charge in [0.05, 0.1) is 0 Å². The minimum atomic E-state index is -0.493. The predicted octanol–water partition coefficient (Wildman–Crippen LogP) is 0.824. The number of hydrogen-bond donors (Lipinski definition) is 0. The summed E-state index contributed by atoms with van der Waals surface area (Å²) in [4.78, 5) is 22.3. The number of fused-ring (bicyclic) bond motifs is 1. The van der Waals surface area contributed by atoms with Crippen molar-refractivity contribution < 1.29 is 4.79 Å². The van der Waals surface area contributed by atoms with Crippen molar-refractivity contribution in [3.05, 3.63) is 34.6 Å². The Kier molecular flexibility index (Phi) is 2.59. The molecule has 1 aromatic heterocycles. The molecule has 0 amide bonds. The summed E-state index contributed by atoms with van der Waals surface area (Å²) >= 11 is 5.14. The molecule has 0 unspecified atom stereocenters. The van der Waals surface area contributed by atoms with Crippen LogP contribution >= 0.6 is 11.6 Å². The number of rotatable bonds is 2. The summed E-state index contributed by atoms with van der Waals surface area (Å²) in [6, 6.07) is 7.39. The van der Waals surface area contributed by atoms with Crippen LogP contribution in [0.25, 0.3) is 9.65 Å². The maximum absolute atomic E-state index is 11.7. The molecule has 14 heavy (non-hydrogen) atoms. The molecule has 0 aliphatic rings. The van der Waals surface area contributed by atoms with E-state index in [9.17, 15) is 9.59 Å². The first kappa shape index (κ1) is 9.71. The second kappa shape index (κ2) is 3.73. The molecule has 0 bridgehead atoms. The molecule has 72 valence electrons. The third-order valence-electron chi connectivity index (χ3n) is 1.82. The average Bonchev–Trinajstić information content (AvgIpc) is 2.44. The van der Waals surface area contributed by atoms with Gasteiger partial charge in [-0.3, -0.25) is 0 Å². The Morgan fingerprint density at radius 2 is 2.14 bits per heavy atom. The first-order valence-electron chi connectivity index (χ1n) is 3.95. The fourth-order valence-electron chi connectivity index (χ4n) is 1.23. The second-order valence-corrected chi connectivity index (χ2v) is 5.44. The van der Waals surface area contributed by atoms with Crippen LogP contribution < -0.4 is 5.56 Å². The van der Waals surface area contributed by atoms with Crippen LogP contribution in [0.15, 0.2) is 29.1 Å². The van der Waals surface area contributed by atoms with E-state index in [4.69, 9.17) is 11.6 Å². The molecule has 5 heteroatoms. The van der Waals surface area contributed by atoms with Crippen LogP contribution in [0.4, 0.5) is 0 Å². The van der Waals surface area contributed by atoms with Crippen molar-refractivity contribution in [2.24, 2.45) is 0 Å². The monoisotopic (exact) mass is 275 g/mol. The summed E-state index contributed by atoms with van der Waals surface area (Å²) in [6.07, 6.45) is 0. The van der Waals surface area contributed by atoms with Crippen LogP contribution in [0.5, 0.6) is 0 Å². The number of carbonyl (C=O) groups excluding carboxylic acids is 1. The molecule has 3 nitrogen and oxygen atoms in total. The number of nitrogens with zero attached hydrogens (tertiary/aromatic N) is 1. The van der Waals surface area contributed by atoms with Gasteiger partial charge in [0.25, 0.3) is 0 Å². The average molecular weight is 275 g/mol. The summed E-state index contributed by atoms with van der Waals surface area (Å²) in [7, 11) is 0. The fraction of sp³-hybridized carbons (Fsp3) is 0.111. The van der Waals surface area contributed by atoms with Gasteiger partial charge in [-0.25, -0.2) is 0 Å². The SMILES string of the molecule is O=C(Cl)Cn1[se]c2ccccc2c1=O. The molecule has 0 N–H and O–H groups in total. The molecule has 0 fully saturated rings. The normalized spacial score (nSPS) is 10.6. The molecule has 2 rings (SSSR count). The van der Waals surface area contributed by atoms with Crippen LogP contribution in [-0.4, -0.2) is 23.5 Å². The van der Waals surface area contributed by atoms with E-state index in [-0.39, 0.29) is 26.8 Å². The van der Waals surface area contributed by atoms with Crippen LogP contribution in [0.3, 0.4) is 0 Å².